The van der Waals surface area contributed by atoms with E-state index >= 15 is 8.78 Å². The molecule has 1 aromatic carbocycles. The smallest absolute Gasteiger partial charge is 0.193 e. The van der Waals surface area contributed by atoms with E-state index in [1.165, 1.54) is 23.8 Å². The van der Waals surface area contributed by atoms with Crippen molar-refractivity contribution in [2.45, 2.75) is 75.4 Å². The number of ketones is 2. The summed E-state index contributed by atoms with van der Waals surface area (Å²) in [6, 6.07) is 8.09. The van der Waals surface area contributed by atoms with Crippen molar-refractivity contribution < 1.29 is 33.4 Å². The number of hydrogen-bond acceptors (Lipinski definition) is 6. The van der Waals surface area contributed by atoms with Gasteiger partial charge in [0, 0.05) is 22.7 Å². The van der Waals surface area contributed by atoms with Crippen LogP contribution in [0.15, 0.2) is 48.1 Å². The molecule has 6 nitrogen and oxygen atoms in total. The fourth-order valence-electron chi connectivity index (χ4n) is 9.37. The largest absolute Gasteiger partial charge is 0.390 e. The molecule has 1 heterocycles. The van der Waals surface area contributed by atoms with E-state index in [0.29, 0.717) is 18.9 Å². The van der Waals surface area contributed by atoms with E-state index in [1.807, 2.05) is 19.1 Å². The molecule has 39 heavy (non-hydrogen) atoms. The maximum atomic E-state index is 17.5. The Bertz CT molecular complexity index is 1330. The first-order valence-corrected chi connectivity index (χ1v) is 14.2. The molecule has 1 aliphatic heterocycles. The van der Waals surface area contributed by atoms with E-state index in [0.717, 1.165) is 18.5 Å². The SMILES string of the molecule is C[C@]12C=CC(=O)C=C1[C@@H](F)C[C@H]1[C@@H]3C[C@H]4CN(c5cccc(C6CC6)c5)O[C@@]4(C(=O)CO)[C@@]3(C)C[C@H](O)[C@@]12F. The molecular weight excluding hydrogens is 504 g/mol. The fraction of sp³-hybridized carbons (Fsp3) is 0.613. The highest BCUT2D eigenvalue weighted by Gasteiger charge is 2.79. The van der Waals surface area contributed by atoms with Crippen molar-refractivity contribution in [3.8, 4) is 0 Å². The van der Waals surface area contributed by atoms with E-state index < -0.39 is 58.6 Å². The molecule has 7 rings (SSSR count). The minimum Gasteiger partial charge on any atom is -0.390 e. The quantitative estimate of drug-likeness (QED) is 0.598. The van der Waals surface area contributed by atoms with Crippen LogP contribution in [-0.2, 0) is 14.4 Å². The van der Waals surface area contributed by atoms with Crippen LogP contribution in [0.5, 0.6) is 0 Å². The number of alkyl halides is 2. The molecule has 5 aliphatic carbocycles. The molecule has 0 spiro atoms. The fourth-order valence-corrected chi connectivity index (χ4v) is 9.37. The van der Waals surface area contributed by atoms with Crippen molar-refractivity contribution in [3.05, 3.63) is 53.6 Å². The van der Waals surface area contributed by atoms with Crippen LogP contribution in [0.1, 0.15) is 57.4 Å². The average Bonchev–Trinajstić information content (AvgIpc) is 3.65. The molecule has 2 N–H and O–H groups in total. The van der Waals surface area contributed by atoms with Crippen LogP contribution in [0.3, 0.4) is 0 Å². The molecule has 9 atom stereocenters. The number of aliphatic hydroxyl groups is 2. The molecule has 208 valence electrons. The molecule has 5 fully saturated rings. The Kier molecular flexibility index (Phi) is 5.29. The minimum atomic E-state index is -2.22. The second-order valence-electron chi connectivity index (χ2n) is 13.1. The van der Waals surface area contributed by atoms with Crippen LogP contribution < -0.4 is 5.06 Å². The lowest BCUT2D eigenvalue weighted by Gasteiger charge is -2.63. The van der Waals surface area contributed by atoms with E-state index in [9.17, 15) is 19.8 Å². The maximum absolute atomic E-state index is 17.5. The van der Waals surface area contributed by atoms with Crippen molar-refractivity contribution in [1.29, 1.82) is 0 Å². The number of hydrogen-bond donors (Lipinski definition) is 2. The zero-order valence-corrected chi connectivity index (χ0v) is 22.3. The summed E-state index contributed by atoms with van der Waals surface area (Å²) < 4.78 is 33.2. The number of fused-ring (bicyclic) bond motifs is 7. The van der Waals surface area contributed by atoms with Gasteiger partial charge in [-0.15, -0.1) is 0 Å². The van der Waals surface area contributed by atoms with E-state index in [2.05, 4.69) is 12.1 Å². The number of Topliss-reactive ketones (excluding diaryl/α,β-unsaturated/α-hetero) is 1. The first kappa shape index (κ1) is 25.5. The normalized spacial score (nSPS) is 46.3. The maximum Gasteiger partial charge on any atom is 0.193 e. The van der Waals surface area contributed by atoms with Crippen LogP contribution in [0.4, 0.5) is 14.5 Å². The predicted octanol–water partition coefficient (Wildman–Crippen LogP) is 4.16. The molecule has 8 heteroatoms. The third kappa shape index (κ3) is 3.06. The zero-order valence-electron chi connectivity index (χ0n) is 22.3. The number of hydroxylamine groups is 1. The van der Waals surface area contributed by atoms with Crippen LogP contribution in [0, 0.1) is 28.6 Å². The Balaban J connectivity index is 1.30. The Hall–Kier alpha value is -2.42. The Morgan fingerprint density at radius 1 is 1.21 bits per heavy atom. The monoisotopic (exact) mass is 539 g/mol. The summed E-state index contributed by atoms with van der Waals surface area (Å²) >= 11 is 0. The highest BCUT2D eigenvalue weighted by molar-refractivity contribution is 6.01. The molecule has 0 aromatic heterocycles. The molecule has 0 amide bonds. The number of aliphatic hydroxyl groups excluding tert-OH is 2. The second-order valence-corrected chi connectivity index (χ2v) is 13.1. The molecule has 4 saturated carbocycles. The average molecular weight is 540 g/mol. The van der Waals surface area contributed by atoms with Gasteiger partial charge in [-0.25, -0.2) is 8.78 Å². The van der Waals surface area contributed by atoms with Gasteiger partial charge in [-0.2, -0.15) is 0 Å². The highest BCUT2D eigenvalue weighted by atomic mass is 19.1. The number of nitrogens with zero attached hydrogens (tertiary/aromatic N) is 1. The summed E-state index contributed by atoms with van der Waals surface area (Å²) in [5.74, 6) is -2.06. The molecule has 1 saturated heterocycles. The topological polar surface area (TPSA) is 87.1 Å². The number of carbonyl (C=O) groups is 2. The first-order chi connectivity index (χ1) is 18.5. The molecule has 6 aliphatic rings. The van der Waals surface area contributed by atoms with Gasteiger partial charge >= 0.3 is 0 Å². The lowest BCUT2D eigenvalue weighted by Crippen LogP contribution is -2.70. The van der Waals surface area contributed by atoms with Gasteiger partial charge < -0.3 is 10.2 Å². The standard InChI is InChI=1S/C31H35F2NO5/c1-28-9-8-21(36)12-24(28)25(32)13-23-22-11-19-15-34(20-5-3-4-18(10-20)17-6-7-17)39-31(19,27(38)16-35)29(22,2)14-26(37)30(23,28)33/h3-5,8-10,12,17,19,22-23,25-26,35,37H,6-7,11,13-16H2,1-2H3/t19-,22-,23-,25-,26-,28-,29-,30-,31-/m0/s1. The van der Waals surface area contributed by atoms with Crippen molar-refractivity contribution in [2.24, 2.45) is 28.6 Å². The molecule has 1 aromatic rings. The first-order valence-electron chi connectivity index (χ1n) is 14.2. The third-order valence-corrected chi connectivity index (χ3v) is 11.4. The van der Waals surface area contributed by atoms with Gasteiger partial charge in [0.05, 0.1) is 18.3 Å². The van der Waals surface area contributed by atoms with E-state index in [-0.39, 0.29) is 30.1 Å². The van der Waals surface area contributed by atoms with E-state index in [1.54, 1.807) is 12.0 Å². The number of allylic oxidation sites excluding steroid dienone is 4. The van der Waals surface area contributed by atoms with Gasteiger partial charge in [0.2, 0.25) is 0 Å². The summed E-state index contributed by atoms with van der Waals surface area (Å²) in [5, 5.41) is 23.5. The van der Waals surface area contributed by atoms with Gasteiger partial charge in [0.1, 0.15) is 12.8 Å². The number of rotatable bonds is 4. The summed E-state index contributed by atoms with van der Waals surface area (Å²) in [5.41, 5.74) is -4.07. The van der Waals surface area contributed by atoms with Crippen molar-refractivity contribution in [1.82, 2.24) is 0 Å². The molecule has 0 bridgehead atoms. The van der Waals surface area contributed by atoms with Gasteiger partial charge in [0.25, 0.3) is 0 Å². The lowest BCUT2D eigenvalue weighted by atomic mass is 9.44. The number of halogens is 2. The minimum absolute atomic E-state index is 0.0775. The summed E-state index contributed by atoms with van der Waals surface area (Å²) in [4.78, 5) is 32.3. The van der Waals surface area contributed by atoms with E-state index in [4.69, 9.17) is 4.84 Å². The van der Waals surface area contributed by atoms with Gasteiger partial charge in [-0.1, -0.05) is 25.1 Å². The van der Waals surface area contributed by atoms with Gasteiger partial charge in [-0.05, 0) is 86.3 Å². The highest BCUT2D eigenvalue weighted by Crippen LogP contribution is 2.72. The number of carbonyl (C=O) groups excluding carboxylic acids is 2. The number of benzene rings is 1. The number of anilines is 1. The summed E-state index contributed by atoms with van der Waals surface area (Å²) in [6.07, 6.45) is 3.25. The molecule has 0 unspecified atom stereocenters. The van der Waals surface area contributed by atoms with Crippen LogP contribution in [0.25, 0.3) is 0 Å². The van der Waals surface area contributed by atoms with Crippen LogP contribution in [0.2, 0.25) is 0 Å². The summed E-state index contributed by atoms with van der Waals surface area (Å²) in [7, 11) is 0. The van der Waals surface area contributed by atoms with Crippen molar-refractivity contribution in [2.75, 3.05) is 18.2 Å². The van der Waals surface area contributed by atoms with Crippen molar-refractivity contribution >= 4 is 17.3 Å². The summed E-state index contributed by atoms with van der Waals surface area (Å²) in [6.45, 7) is 3.06. The van der Waals surface area contributed by atoms with Crippen LogP contribution >= 0.6 is 0 Å². The molecular formula is C31H35F2NO5. The molecule has 0 radical (unpaired) electrons. The Morgan fingerprint density at radius 2 is 1.97 bits per heavy atom. The second kappa shape index (κ2) is 8.08. The predicted molar refractivity (Wildman–Crippen MR) is 139 cm³/mol. The van der Waals surface area contributed by atoms with Crippen molar-refractivity contribution in [3.63, 3.8) is 0 Å². The third-order valence-electron chi connectivity index (χ3n) is 11.4. The Labute approximate surface area is 226 Å². The van der Waals surface area contributed by atoms with Gasteiger partial charge in [0.15, 0.2) is 22.8 Å². The van der Waals surface area contributed by atoms with Crippen LogP contribution in [-0.4, -0.2) is 58.5 Å². The Morgan fingerprint density at radius 3 is 2.69 bits per heavy atom. The lowest BCUT2D eigenvalue weighted by molar-refractivity contribution is -0.228. The van der Waals surface area contributed by atoms with Gasteiger partial charge in [-0.3, -0.25) is 19.5 Å². The zero-order chi connectivity index (χ0) is 27.5.